The third-order valence-corrected chi connectivity index (χ3v) is 6.34. The molecule has 2 aromatic heterocycles. The van der Waals surface area contributed by atoms with Crippen LogP contribution in [-0.2, 0) is 16.1 Å². The van der Waals surface area contributed by atoms with Gasteiger partial charge in [0.05, 0.1) is 24.4 Å². The van der Waals surface area contributed by atoms with E-state index in [0.717, 1.165) is 35.9 Å². The van der Waals surface area contributed by atoms with Gasteiger partial charge in [-0.25, -0.2) is 4.98 Å². The Bertz CT molecular complexity index is 1250. The van der Waals surface area contributed by atoms with Crippen LogP contribution in [0.25, 0.3) is 22.0 Å². The molecule has 35 heavy (non-hydrogen) atoms. The summed E-state index contributed by atoms with van der Waals surface area (Å²) in [4.78, 5) is 32.8. The molecule has 0 fully saturated rings. The number of carbonyl (C=O) groups excluding carboxylic acids is 2. The van der Waals surface area contributed by atoms with E-state index in [1.807, 2.05) is 37.5 Å². The molecule has 0 aliphatic carbocycles. The van der Waals surface area contributed by atoms with E-state index in [-0.39, 0.29) is 11.8 Å². The first-order valence-electron chi connectivity index (χ1n) is 12.4. The lowest BCUT2D eigenvalue weighted by Crippen LogP contribution is -2.32. The second-order valence-electron chi connectivity index (χ2n) is 8.85. The van der Waals surface area contributed by atoms with Crippen molar-refractivity contribution < 1.29 is 9.59 Å². The van der Waals surface area contributed by atoms with E-state index in [0.29, 0.717) is 44.0 Å². The van der Waals surface area contributed by atoms with Crippen LogP contribution in [-0.4, -0.2) is 38.0 Å². The van der Waals surface area contributed by atoms with Gasteiger partial charge in [-0.15, -0.1) is 0 Å². The molecule has 2 aromatic carbocycles. The fraction of sp³-hybridized carbons (Fsp3) is 0.357. The minimum Gasteiger partial charge on any atom is -0.354 e. The first-order chi connectivity index (χ1) is 17.1. The number of unbranched alkanes of at least 4 members (excludes halogenated alkanes) is 2. The number of benzene rings is 2. The van der Waals surface area contributed by atoms with Crippen molar-refractivity contribution in [1.29, 1.82) is 0 Å². The molecule has 1 unspecified atom stereocenters. The van der Waals surface area contributed by atoms with Crippen molar-refractivity contribution in [2.24, 2.45) is 0 Å². The number of amides is 1. The lowest BCUT2D eigenvalue weighted by molar-refractivity contribution is -0.123. The molecular weight excluding hydrogens is 438 g/mol. The number of hydrogen-bond donors (Lipinski definition) is 2. The number of rotatable bonds is 13. The summed E-state index contributed by atoms with van der Waals surface area (Å²) in [6.45, 7) is 3.02. The molecule has 4 aromatic rings. The van der Waals surface area contributed by atoms with Crippen molar-refractivity contribution in [3.05, 3.63) is 72.9 Å². The summed E-state index contributed by atoms with van der Waals surface area (Å²) < 4.78 is 1.80. The van der Waals surface area contributed by atoms with E-state index in [4.69, 9.17) is 0 Å². The van der Waals surface area contributed by atoms with Crippen LogP contribution in [0, 0.1) is 0 Å². The van der Waals surface area contributed by atoms with E-state index in [1.54, 1.807) is 10.9 Å². The van der Waals surface area contributed by atoms with Gasteiger partial charge in [-0.3, -0.25) is 14.3 Å². The number of imidazole rings is 1. The Hall–Kier alpha value is -3.74. The second kappa shape index (κ2) is 12.1. The number of hydrogen-bond acceptors (Lipinski definition) is 4. The maximum atomic E-state index is 13.2. The van der Waals surface area contributed by atoms with E-state index < -0.39 is 0 Å². The zero-order chi connectivity index (χ0) is 24.5. The first kappa shape index (κ1) is 24.4. The van der Waals surface area contributed by atoms with Gasteiger partial charge in [0.25, 0.3) is 0 Å². The number of H-pyrrole nitrogens is 1. The SMILES string of the molecule is CCC(=O)CCCCCC(C(=O)NCCn1cccn1)c1ncc(-c2ccc3ccccc3c2)[nH]1. The molecule has 182 valence electrons. The van der Waals surface area contributed by atoms with E-state index in [1.165, 1.54) is 5.39 Å². The Morgan fingerprint density at radius 2 is 1.91 bits per heavy atom. The molecule has 0 aliphatic heterocycles. The van der Waals surface area contributed by atoms with Gasteiger partial charge in [-0.1, -0.05) is 56.2 Å². The van der Waals surface area contributed by atoms with Crippen molar-refractivity contribution in [3.63, 3.8) is 0 Å². The molecule has 0 radical (unpaired) electrons. The average Bonchev–Trinajstić information content (AvgIpc) is 3.58. The van der Waals surface area contributed by atoms with E-state index in [9.17, 15) is 9.59 Å². The summed E-state index contributed by atoms with van der Waals surface area (Å²) in [6, 6.07) is 16.4. The Labute approximate surface area is 206 Å². The Morgan fingerprint density at radius 1 is 1.06 bits per heavy atom. The summed E-state index contributed by atoms with van der Waals surface area (Å²) >= 11 is 0. The largest absolute Gasteiger partial charge is 0.354 e. The monoisotopic (exact) mass is 471 g/mol. The van der Waals surface area contributed by atoms with Crippen LogP contribution in [0.1, 0.15) is 57.2 Å². The smallest absolute Gasteiger partial charge is 0.230 e. The molecule has 0 aliphatic rings. The number of ketones is 1. The fourth-order valence-corrected chi connectivity index (χ4v) is 4.28. The molecule has 7 nitrogen and oxygen atoms in total. The maximum absolute atomic E-state index is 13.2. The summed E-state index contributed by atoms with van der Waals surface area (Å²) in [5.74, 6) is 0.559. The van der Waals surface area contributed by atoms with Crippen LogP contribution >= 0.6 is 0 Å². The van der Waals surface area contributed by atoms with Crippen molar-refractivity contribution >= 4 is 22.5 Å². The van der Waals surface area contributed by atoms with Crippen molar-refractivity contribution in [3.8, 4) is 11.3 Å². The highest BCUT2D eigenvalue weighted by molar-refractivity contribution is 5.87. The van der Waals surface area contributed by atoms with Crippen LogP contribution in [0.4, 0.5) is 0 Å². The van der Waals surface area contributed by atoms with Gasteiger partial charge < -0.3 is 10.3 Å². The molecule has 7 heteroatoms. The van der Waals surface area contributed by atoms with Gasteiger partial charge in [0.1, 0.15) is 11.6 Å². The predicted octanol–water partition coefficient (Wildman–Crippen LogP) is 5.26. The minimum atomic E-state index is -0.372. The number of nitrogens with zero attached hydrogens (tertiary/aromatic N) is 3. The maximum Gasteiger partial charge on any atom is 0.230 e. The molecule has 2 N–H and O–H groups in total. The molecule has 0 saturated heterocycles. The molecule has 1 amide bonds. The van der Waals surface area contributed by atoms with Gasteiger partial charge in [-0.05, 0) is 35.7 Å². The third-order valence-electron chi connectivity index (χ3n) is 6.34. The van der Waals surface area contributed by atoms with Gasteiger partial charge in [0.15, 0.2) is 0 Å². The van der Waals surface area contributed by atoms with Crippen LogP contribution in [0.15, 0.2) is 67.1 Å². The number of aromatic amines is 1. The molecule has 0 bridgehead atoms. The molecule has 1 atom stereocenters. The summed E-state index contributed by atoms with van der Waals surface area (Å²) in [6.07, 6.45) is 9.94. The zero-order valence-corrected chi connectivity index (χ0v) is 20.2. The van der Waals surface area contributed by atoms with Crippen LogP contribution < -0.4 is 5.32 Å². The van der Waals surface area contributed by atoms with Crippen molar-refractivity contribution in [2.45, 2.75) is 57.9 Å². The van der Waals surface area contributed by atoms with Gasteiger partial charge >= 0.3 is 0 Å². The second-order valence-corrected chi connectivity index (χ2v) is 8.85. The van der Waals surface area contributed by atoms with E-state index >= 15 is 0 Å². The minimum absolute atomic E-state index is 0.0406. The molecule has 2 heterocycles. The highest BCUT2D eigenvalue weighted by Crippen LogP contribution is 2.27. The van der Waals surface area contributed by atoms with Crippen molar-refractivity contribution in [1.82, 2.24) is 25.1 Å². The topological polar surface area (TPSA) is 92.7 Å². The third kappa shape index (κ3) is 6.66. The summed E-state index contributed by atoms with van der Waals surface area (Å²) in [5, 5.41) is 9.58. The van der Waals surface area contributed by atoms with E-state index in [2.05, 4.69) is 50.7 Å². The number of aromatic nitrogens is 4. The lowest BCUT2D eigenvalue weighted by atomic mass is 9.98. The number of nitrogens with one attached hydrogen (secondary N) is 2. The van der Waals surface area contributed by atoms with Crippen LogP contribution in [0.5, 0.6) is 0 Å². The summed E-state index contributed by atoms with van der Waals surface area (Å²) in [5.41, 5.74) is 1.94. The quantitative estimate of drug-likeness (QED) is 0.260. The average molecular weight is 472 g/mol. The first-order valence-corrected chi connectivity index (χ1v) is 12.4. The fourth-order valence-electron chi connectivity index (χ4n) is 4.28. The van der Waals surface area contributed by atoms with Gasteiger partial charge in [-0.2, -0.15) is 5.10 Å². The number of fused-ring (bicyclic) bond motifs is 1. The Morgan fingerprint density at radius 3 is 2.71 bits per heavy atom. The Kier molecular flexibility index (Phi) is 8.44. The number of Topliss-reactive ketones (excluding diaryl/α,β-unsaturated/α-hetero) is 1. The predicted molar refractivity (Wildman–Crippen MR) is 138 cm³/mol. The van der Waals surface area contributed by atoms with Gasteiger partial charge in [0.2, 0.25) is 5.91 Å². The zero-order valence-electron chi connectivity index (χ0n) is 20.2. The molecule has 4 rings (SSSR count). The van der Waals surface area contributed by atoms with Crippen LogP contribution in [0.3, 0.4) is 0 Å². The highest BCUT2D eigenvalue weighted by Gasteiger charge is 2.23. The number of carbonyl (C=O) groups is 2. The lowest BCUT2D eigenvalue weighted by Gasteiger charge is -2.15. The van der Waals surface area contributed by atoms with Crippen molar-refractivity contribution in [2.75, 3.05) is 6.54 Å². The Balaban J connectivity index is 1.44. The summed E-state index contributed by atoms with van der Waals surface area (Å²) in [7, 11) is 0. The normalized spacial score (nSPS) is 12.0. The highest BCUT2D eigenvalue weighted by atomic mass is 16.2. The molecule has 0 saturated carbocycles. The van der Waals surface area contributed by atoms with Gasteiger partial charge in [0, 0.05) is 37.3 Å². The van der Waals surface area contributed by atoms with Crippen LogP contribution in [0.2, 0.25) is 0 Å². The molecular formula is C28H33N5O2. The standard InChI is InChI=1S/C28H33N5O2/c1-2-24(34)11-4-3-5-12-25(28(35)29-16-18-33-17-8-15-31-33)27-30-20-26(32-27)23-14-13-21-9-6-7-10-22(21)19-23/h6-10,13-15,17,19-20,25H,2-5,11-12,16,18H2,1H3,(H,29,35)(H,30,32). The molecule has 0 spiro atoms.